The first-order valence-corrected chi connectivity index (χ1v) is 8.92. The Bertz CT molecular complexity index is 1150. The highest BCUT2D eigenvalue weighted by atomic mass is 32.1. The van der Waals surface area contributed by atoms with Crippen LogP contribution in [0.5, 0.6) is 0 Å². The van der Waals surface area contributed by atoms with E-state index >= 15 is 0 Å². The van der Waals surface area contributed by atoms with Gasteiger partial charge < -0.3 is 15.0 Å². The van der Waals surface area contributed by atoms with E-state index in [4.69, 9.17) is 4.74 Å². The highest BCUT2D eigenvalue weighted by Crippen LogP contribution is 2.35. The number of nitrogens with one attached hydrogen (secondary N) is 2. The van der Waals surface area contributed by atoms with Crippen molar-refractivity contribution in [1.29, 1.82) is 5.26 Å². The smallest absolute Gasteiger partial charge is 0.125 e. The number of aromatic amines is 1. The Hall–Kier alpha value is -3.14. The van der Waals surface area contributed by atoms with Gasteiger partial charge >= 0.3 is 0 Å². The molecule has 0 aliphatic carbocycles. The van der Waals surface area contributed by atoms with Crippen LogP contribution in [-0.4, -0.2) is 23.7 Å². The van der Waals surface area contributed by atoms with Gasteiger partial charge in [0.05, 0.1) is 17.9 Å². The first-order chi connectivity index (χ1) is 12.8. The Balaban J connectivity index is 1.77. The third kappa shape index (κ3) is 3.06. The minimum Gasteiger partial charge on any atom is -0.381 e. The zero-order valence-corrected chi connectivity index (χ0v) is 14.9. The second-order valence-corrected chi connectivity index (χ2v) is 6.85. The van der Waals surface area contributed by atoms with E-state index in [1.54, 1.807) is 24.6 Å². The predicted octanol–water partition coefficient (Wildman–Crippen LogP) is 5.05. The fraction of sp³-hybridized carbons (Fsp3) is 0.100. The maximum atomic E-state index is 9.51. The highest BCUT2D eigenvalue weighted by molar-refractivity contribution is 7.19. The quantitative estimate of drug-likeness (QED) is 0.522. The van der Waals surface area contributed by atoms with Crippen molar-refractivity contribution in [2.24, 2.45) is 0 Å². The minimum absolute atomic E-state index is 0.525. The number of pyridine rings is 1. The Kier molecular flexibility index (Phi) is 4.40. The summed E-state index contributed by atoms with van der Waals surface area (Å²) in [4.78, 5) is 9.58. The molecule has 128 valence electrons. The van der Waals surface area contributed by atoms with Crippen molar-refractivity contribution < 1.29 is 4.74 Å². The molecule has 0 amide bonds. The molecule has 0 atom stereocenters. The van der Waals surface area contributed by atoms with Gasteiger partial charge in [0.15, 0.2) is 0 Å². The van der Waals surface area contributed by atoms with Crippen molar-refractivity contribution >= 4 is 49.9 Å². The molecule has 4 aromatic rings. The Morgan fingerprint density at radius 2 is 2.27 bits per heavy atom. The molecule has 0 radical (unpaired) electrons. The molecular formula is C20H16N4OS. The number of hydrogen-bond acceptors (Lipinski definition) is 5. The van der Waals surface area contributed by atoms with Gasteiger partial charge in [-0.1, -0.05) is 6.08 Å². The molecule has 26 heavy (non-hydrogen) atoms. The van der Waals surface area contributed by atoms with Crippen LogP contribution >= 0.6 is 11.3 Å². The third-order valence-electron chi connectivity index (χ3n) is 4.07. The molecule has 3 aromatic heterocycles. The minimum atomic E-state index is 0.525. The van der Waals surface area contributed by atoms with E-state index in [2.05, 4.69) is 33.5 Å². The lowest BCUT2D eigenvalue weighted by atomic mass is 10.1. The van der Waals surface area contributed by atoms with Crippen LogP contribution in [0.2, 0.25) is 0 Å². The third-order valence-corrected chi connectivity index (χ3v) is 5.08. The summed E-state index contributed by atoms with van der Waals surface area (Å²) >= 11 is 1.59. The van der Waals surface area contributed by atoms with Crippen LogP contribution < -0.4 is 5.32 Å². The number of H-pyrrole nitrogens is 1. The largest absolute Gasteiger partial charge is 0.381 e. The van der Waals surface area contributed by atoms with Gasteiger partial charge in [0.2, 0.25) is 0 Å². The number of fused-ring (bicyclic) bond motifs is 2. The second kappa shape index (κ2) is 7.00. The van der Waals surface area contributed by atoms with Gasteiger partial charge in [-0.3, -0.25) is 0 Å². The molecule has 0 saturated heterocycles. The topological polar surface area (TPSA) is 73.7 Å². The monoisotopic (exact) mass is 360 g/mol. The maximum Gasteiger partial charge on any atom is 0.125 e. The first kappa shape index (κ1) is 16.3. The fourth-order valence-electron chi connectivity index (χ4n) is 2.85. The summed E-state index contributed by atoms with van der Waals surface area (Å²) in [6.45, 7) is 0.562. The molecule has 3 heterocycles. The van der Waals surface area contributed by atoms with Gasteiger partial charge in [0, 0.05) is 46.4 Å². The van der Waals surface area contributed by atoms with Crippen LogP contribution in [0.3, 0.4) is 0 Å². The lowest BCUT2D eigenvalue weighted by Gasteiger charge is -2.09. The summed E-state index contributed by atoms with van der Waals surface area (Å²) in [7, 11) is 1.67. The Morgan fingerprint density at radius 1 is 1.35 bits per heavy atom. The van der Waals surface area contributed by atoms with Crippen LogP contribution in [0.15, 0.2) is 48.8 Å². The predicted molar refractivity (Wildman–Crippen MR) is 107 cm³/mol. The molecular weight excluding hydrogens is 344 g/mol. The zero-order valence-electron chi connectivity index (χ0n) is 14.1. The molecule has 0 aliphatic rings. The van der Waals surface area contributed by atoms with Crippen molar-refractivity contribution in [2.45, 2.75) is 0 Å². The van der Waals surface area contributed by atoms with Gasteiger partial charge in [0.25, 0.3) is 0 Å². The van der Waals surface area contributed by atoms with Crippen LogP contribution in [0.4, 0.5) is 11.4 Å². The van der Waals surface area contributed by atoms with E-state index in [9.17, 15) is 5.26 Å². The van der Waals surface area contributed by atoms with E-state index in [0.717, 1.165) is 37.4 Å². The number of ether oxygens (including phenoxy) is 1. The summed E-state index contributed by atoms with van der Waals surface area (Å²) in [5.74, 6) is 0. The molecule has 0 fully saturated rings. The molecule has 1 aromatic carbocycles. The van der Waals surface area contributed by atoms with Crippen LogP contribution in [0.25, 0.3) is 27.2 Å². The Morgan fingerprint density at radius 3 is 3.12 bits per heavy atom. The average Bonchev–Trinajstić information content (AvgIpc) is 3.28. The molecule has 0 aliphatic heterocycles. The maximum absolute atomic E-state index is 9.51. The van der Waals surface area contributed by atoms with Crippen molar-refractivity contribution in [3.05, 3.63) is 59.2 Å². The van der Waals surface area contributed by atoms with Crippen LogP contribution in [-0.2, 0) is 4.74 Å². The van der Waals surface area contributed by atoms with Crippen molar-refractivity contribution in [3.8, 4) is 6.07 Å². The van der Waals surface area contributed by atoms with Crippen LogP contribution in [0.1, 0.15) is 10.4 Å². The first-order valence-electron chi connectivity index (χ1n) is 8.11. The van der Waals surface area contributed by atoms with E-state index in [1.807, 2.05) is 36.5 Å². The Labute approximate surface area is 154 Å². The summed E-state index contributed by atoms with van der Waals surface area (Å²) < 4.78 is 5.05. The van der Waals surface area contributed by atoms with Crippen LogP contribution in [0, 0.1) is 11.3 Å². The molecule has 0 unspecified atom stereocenters. The number of hydrogen-bond donors (Lipinski definition) is 2. The van der Waals surface area contributed by atoms with Crippen molar-refractivity contribution in [3.63, 3.8) is 0 Å². The van der Waals surface area contributed by atoms with E-state index in [-0.39, 0.29) is 0 Å². The summed E-state index contributed by atoms with van der Waals surface area (Å²) in [6.07, 6.45) is 7.51. The van der Waals surface area contributed by atoms with E-state index in [0.29, 0.717) is 12.2 Å². The summed E-state index contributed by atoms with van der Waals surface area (Å²) in [5.41, 5.74) is 3.33. The number of nitrogens with zero attached hydrogens (tertiary/aromatic N) is 2. The molecule has 4 rings (SSSR count). The number of anilines is 2. The summed E-state index contributed by atoms with van der Waals surface area (Å²) in [6, 6.07) is 12.4. The molecule has 0 spiro atoms. The molecule has 6 heteroatoms. The van der Waals surface area contributed by atoms with Crippen molar-refractivity contribution in [1.82, 2.24) is 9.97 Å². The summed E-state index contributed by atoms with van der Waals surface area (Å²) in [5, 5.41) is 15.0. The normalized spacial score (nSPS) is 11.4. The second-order valence-electron chi connectivity index (χ2n) is 5.79. The fourth-order valence-corrected chi connectivity index (χ4v) is 3.79. The number of methoxy groups -OCH3 is 1. The highest BCUT2D eigenvalue weighted by Gasteiger charge is 2.12. The van der Waals surface area contributed by atoms with Gasteiger partial charge in [-0.15, -0.1) is 11.3 Å². The van der Waals surface area contributed by atoms with Gasteiger partial charge in [0.1, 0.15) is 10.9 Å². The number of benzene rings is 1. The number of aromatic nitrogens is 2. The standard InChI is InChI=1S/C20H16N4OS/c1-25-8-2-3-16-10-17-19(14(11-21)12-23-20(17)26-16)24-15-4-5-18-13(9-15)6-7-22-18/h2-7,9-10,12,22H,8H2,1H3,(H,23,24). The van der Waals surface area contributed by atoms with E-state index in [1.165, 1.54) is 0 Å². The molecule has 0 bridgehead atoms. The van der Waals surface area contributed by atoms with E-state index < -0.39 is 0 Å². The lowest BCUT2D eigenvalue weighted by molar-refractivity contribution is 0.234. The average molecular weight is 360 g/mol. The molecule has 5 nitrogen and oxygen atoms in total. The zero-order chi connectivity index (χ0) is 17.9. The SMILES string of the molecule is COCC=Cc1cc2c(Nc3ccc4[nH]ccc4c3)c(C#N)cnc2s1. The van der Waals surface area contributed by atoms with Crippen molar-refractivity contribution in [2.75, 3.05) is 19.0 Å². The van der Waals surface area contributed by atoms with Gasteiger partial charge in [-0.25, -0.2) is 4.98 Å². The number of rotatable bonds is 5. The number of thiophene rings is 1. The number of nitriles is 1. The van der Waals surface area contributed by atoms with Gasteiger partial charge in [-0.2, -0.15) is 5.26 Å². The molecule has 0 saturated carbocycles. The lowest BCUT2D eigenvalue weighted by Crippen LogP contribution is -1.95. The molecule has 2 N–H and O–H groups in total. The van der Waals surface area contributed by atoms with Gasteiger partial charge in [-0.05, 0) is 36.4 Å².